The second-order valence-electron chi connectivity index (χ2n) is 6.62. The number of anilines is 1. The molecule has 3 nitrogen and oxygen atoms in total. The molecule has 1 heterocycles. The summed E-state index contributed by atoms with van der Waals surface area (Å²) in [4.78, 5) is -0.0732. The highest BCUT2D eigenvalue weighted by atomic mass is 35.5. The molecule has 0 fully saturated rings. The average molecular weight is 483 g/mol. The Morgan fingerprint density at radius 2 is 1.81 bits per heavy atom. The van der Waals surface area contributed by atoms with E-state index in [1.54, 1.807) is 24.5 Å². The van der Waals surface area contributed by atoms with Crippen molar-refractivity contribution in [1.82, 2.24) is 0 Å². The first-order valence-electron chi connectivity index (χ1n) is 8.90. The Kier molecular flexibility index (Phi) is 6.89. The summed E-state index contributed by atoms with van der Waals surface area (Å²) in [7, 11) is 0. The number of aryl methyl sites for hydroxylation is 1. The monoisotopic (exact) mass is 482 g/mol. The van der Waals surface area contributed by atoms with Gasteiger partial charge in [-0.3, -0.25) is 0 Å². The lowest BCUT2D eigenvalue weighted by molar-refractivity contribution is -0.578. The van der Waals surface area contributed by atoms with Crippen LogP contribution >= 0.6 is 35.4 Å². The van der Waals surface area contributed by atoms with Gasteiger partial charge in [-0.15, -0.1) is 0 Å². The van der Waals surface area contributed by atoms with Gasteiger partial charge in [-0.25, -0.2) is 0 Å². The fourth-order valence-corrected chi connectivity index (χ4v) is 3.52. The molecule has 0 aliphatic carbocycles. The van der Waals surface area contributed by atoms with E-state index < -0.39 is 17.5 Å². The minimum absolute atomic E-state index is 0.0141. The van der Waals surface area contributed by atoms with Crippen LogP contribution in [-0.4, -0.2) is 4.99 Å². The van der Waals surface area contributed by atoms with Gasteiger partial charge in [-0.1, -0.05) is 41.5 Å². The molecule has 0 saturated carbocycles. The molecule has 0 aliphatic rings. The van der Waals surface area contributed by atoms with E-state index in [0.29, 0.717) is 5.02 Å². The van der Waals surface area contributed by atoms with Crippen LogP contribution in [0.15, 0.2) is 67.0 Å². The van der Waals surface area contributed by atoms with Crippen molar-refractivity contribution in [2.75, 3.05) is 5.32 Å². The molecule has 0 bridgehead atoms. The molecule has 160 valence electrons. The highest BCUT2D eigenvalue weighted by Gasteiger charge is 2.30. The molecule has 0 aliphatic heterocycles. The van der Waals surface area contributed by atoms with Crippen molar-refractivity contribution in [3.63, 3.8) is 0 Å². The van der Waals surface area contributed by atoms with E-state index in [2.05, 4.69) is 5.32 Å². The molecule has 9 heteroatoms. The summed E-state index contributed by atoms with van der Waals surface area (Å²) in [6, 6.07) is 12.5. The Bertz CT molecular complexity index is 1180. The van der Waals surface area contributed by atoms with Gasteiger partial charge in [0.15, 0.2) is 17.4 Å². The fourth-order valence-electron chi connectivity index (χ4n) is 2.83. The predicted molar refractivity (Wildman–Crippen MR) is 119 cm³/mol. The number of pyridine rings is 1. The van der Waals surface area contributed by atoms with Gasteiger partial charge in [0.05, 0.1) is 5.56 Å². The van der Waals surface area contributed by atoms with Gasteiger partial charge in [0.1, 0.15) is 0 Å². The number of rotatable bonds is 4. The third kappa shape index (κ3) is 5.55. The standard InChI is InChI=1S/C22H15Cl2F3N2OS/c1-13-4-3-9-29(12-13)19(20(30)17-11-15(23)7-8-18(17)24)21(31)28-16-6-2-5-14(10-16)22(25,26)27/h2-12H,1H3,(H-,28,30,31). The highest BCUT2D eigenvalue weighted by Crippen LogP contribution is 2.31. The number of alkyl halides is 3. The molecule has 0 amide bonds. The summed E-state index contributed by atoms with van der Waals surface area (Å²) in [5.74, 6) is -0.535. The van der Waals surface area contributed by atoms with Crippen molar-refractivity contribution >= 4 is 57.6 Å². The first kappa shape index (κ1) is 23.1. The lowest BCUT2D eigenvalue weighted by Crippen LogP contribution is -2.40. The zero-order valence-electron chi connectivity index (χ0n) is 16.0. The lowest BCUT2D eigenvalue weighted by Gasteiger charge is -2.18. The molecular weight excluding hydrogens is 468 g/mol. The number of hydrogen-bond donors (Lipinski definition) is 1. The normalized spacial score (nSPS) is 12.3. The van der Waals surface area contributed by atoms with Gasteiger partial charge in [0.25, 0.3) is 0 Å². The maximum Gasteiger partial charge on any atom is 0.416 e. The van der Waals surface area contributed by atoms with Crippen LogP contribution in [0.5, 0.6) is 0 Å². The summed E-state index contributed by atoms with van der Waals surface area (Å²) in [6.07, 6.45) is -1.23. The van der Waals surface area contributed by atoms with E-state index in [9.17, 15) is 18.3 Å². The second-order valence-corrected chi connectivity index (χ2v) is 7.88. The number of nitrogens with zero attached hydrogens (tertiary/aromatic N) is 1. The third-order valence-electron chi connectivity index (χ3n) is 4.26. The van der Waals surface area contributed by atoms with Crippen molar-refractivity contribution < 1.29 is 22.8 Å². The number of benzene rings is 2. The average Bonchev–Trinajstić information content (AvgIpc) is 2.69. The number of nitrogens with one attached hydrogen (secondary N) is 1. The van der Waals surface area contributed by atoms with Gasteiger partial charge in [0, 0.05) is 27.4 Å². The first-order valence-corrected chi connectivity index (χ1v) is 10.1. The van der Waals surface area contributed by atoms with E-state index in [1.165, 1.54) is 28.8 Å². The van der Waals surface area contributed by atoms with Crippen LogP contribution < -0.4 is 15.0 Å². The van der Waals surface area contributed by atoms with Crippen molar-refractivity contribution in [3.8, 4) is 0 Å². The Hall–Kier alpha value is -2.61. The maximum absolute atomic E-state index is 13.4. The van der Waals surface area contributed by atoms with E-state index in [4.69, 9.17) is 35.4 Å². The number of thiocarbonyl (C=S) groups is 1. The van der Waals surface area contributed by atoms with E-state index >= 15 is 0 Å². The predicted octanol–water partition coefficient (Wildman–Crippen LogP) is 5.73. The molecule has 1 N–H and O–H groups in total. The van der Waals surface area contributed by atoms with E-state index in [1.807, 2.05) is 13.0 Å². The SMILES string of the molecule is Cc1ccc[n+](C(C(=S)Nc2cccc(C(F)(F)F)c2)=C([O-])c2cc(Cl)ccc2Cl)c1. The van der Waals surface area contributed by atoms with Crippen LogP contribution in [0.3, 0.4) is 0 Å². The maximum atomic E-state index is 13.4. The minimum Gasteiger partial charge on any atom is -0.867 e. The second kappa shape index (κ2) is 9.26. The molecule has 0 spiro atoms. The number of hydrogen-bond acceptors (Lipinski definition) is 2. The summed E-state index contributed by atoms with van der Waals surface area (Å²) >= 11 is 17.6. The van der Waals surface area contributed by atoms with Crippen LogP contribution in [0.1, 0.15) is 16.7 Å². The molecule has 31 heavy (non-hydrogen) atoms. The van der Waals surface area contributed by atoms with Gasteiger partial charge < -0.3 is 10.4 Å². The van der Waals surface area contributed by atoms with Gasteiger partial charge in [0.2, 0.25) is 5.70 Å². The van der Waals surface area contributed by atoms with Gasteiger partial charge in [-0.2, -0.15) is 17.7 Å². The van der Waals surface area contributed by atoms with Crippen molar-refractivity contribution in [1.29, 1.82) is 0 Å². The Morgan fingerprint density at radius 1 is 1.06 bits per heavy atom. The van der Waals surface area contributed by atoms with Crippen molar-refractivity contribution in [2.45, 2.75) is 13.1 Å². The topological polar surface area (TPSA) is 39.0 Å². The van der Waals surface area contributed by atoms with Gasteiger partial charge in [-0.05, 0) is 60.7 Å². The molecule has 0 atom stereocenters. The quantitative estimate of drug-likeness (QED) is 0.223. The lowest BCUT2D eigenvalue weighted by atomic mass is 10.1. The summed E-state index contributed by atoms with van der Waals surface area (Å²) in [5.41, 5.74) is 0.225. The third-order valence-corrected chi connectivity index (χ3v) is 5.12. The summed E-state index contributed by atoms with van der Waals surface area (Å²) < 4.78 is 40.7. The molecule has 3 aromatic rings. The van der Waals surface area contributed by atoms with E-state index in [-0.39, 0.29) is 27.0 Å². The number of aromatic nitrogens is 1. The highest BCUT2D eigenvalue weighted by molar-refractivity contribution is 7.81. The van der Waals surface area contributed by atoms with Crippen LogP contribution in [0.2, 0.25) is 10.0 Å². The molecule has 3 rings (SSSR count). The Morgan fingerprint density at radius 3 is 2.48 bits per heavy atom. The molecule has 0 saturated heterocycles. The minimum atomic E-state index is -4.51. The zero-order chi connectivity index (χ0) is 22.8. The van der Waals surface area contributed by atoms with Crippen molar-refractivity contribution in [3.05, 3.63) is 93.7 Å². The molecule has 2 aromatic carbocycles. The van der Waals surface area contributed by atoms with Crippen LogP contribution in [0.4, 0.5) is 18.9 Å². The summed E-state index contributed by atoms with van der Waals surface area (Å²) in [6.45, 7) is 1.83. The molecular formula is C22H15Cl2F3N2OS. The van der Waals surface area contributed by atoms with Crippen LogP contribution in [0.25, 0.3) is 11.5 Å². The zero-order valence-corrected chi connectivity index (χ0v) is 18.3. The van der Waals surface area contributed by atoms with Gasteiger partial charge >= 0.3 is 6.18 Å². The number of halogens is 5. The first-order chi connectivity index (χ1) is 14.6. The molecule has 1 aromatic heterocycles. The summed E-state index contributed by atoms with van der Waals surface area (Å²) in [5, 5.41) is 16.6. The largest absolute Gasteiger partial charge is 0.867 e. The fraction of sp³-hybridized carbons (Fsp3) is 0.0909. The molecule has 0 radical (unpaired) electrons. The molecule has 0 unspecified atom stereocenters. The van der Waals surface area contributed by atoms with E-state index in [0.717, 1.165) is 17.7 Å². The van der Waals surface area contributed by atoms with Crippen molar-refractivity contribution in [2.24, 2.45) is 0 Å². The van der Waals surface area contributed by atoms with Crippen LogP contribution in [-0.2, 0) is 6.18 Å². The Balaban J connectivity index is 2.11. The smallest absolute Gasteiger partial charge is 0.416 e. The van der Waals surface area contributed by atoms with Crippen LogP contribution in [0, 0.1) is 6.92 Å². The Labute approximate surface area is 192 Å².